The van der Waals surface area contributed by atoms with Crippen molar-refractivity contribution >= 4 is 17.7 Å². The molecule has 0 bridgehead atoms. The van der Waals surface area contributed by atoms with Gasteiger partial charge in [-0.3, -0.25) is 0 Å². The summed E-state index contributed by atoms with van der Waals surface area (Å²) >= 11 is 1.94. The summed E-state index contributed by atoms with van der Waals surface area (Å²) in [7, 11) is 1.36. The molecular formula is C21H25NO3S. The van der Waals surface area contributed by atoms with Crippen molar-refractivity contribution in [2.24, 2.45) is 0 Å². The summed E-state index contributed by atoms with van der Waals surface area (Å²) in [6.07, 6.45) is 1.14. The van der Waals surface area contributed by atoms with Crippen molar-refractivity contribution in [2.75, 3.05) is 19.5 Å². The number of hydrogen-bond acceptors (Lipinski definition) is 5. The van der Waals surface area contributed by atoms with Gasteiger partial charge in [0.25, 0.3) is 0 Å². The molecule has 0 saturated carbocycles. The number of rotatable bonds is 6. The van der Waals surface area contributed by atoms with Gasteiger partial charge in [-0.2, -0.15) is 0 Å². The van der Waals surface area contributed by atoms with Crippen molar-refractivity contribution in [3.8, 4) is 5.75 Å². The van der Waals surface area contributed by atoms with Crippen LogP contribution < -0.4 is 10.1 Å². The van der Waals surface area contributed by atoms with Gasteiger partial charge < -0.3 is 14.8 Å². The average molecular weight is 372 g/mol. The Kier molecular flexibility index (Phi) is 6.22. The molecule has 0 saturated heterocycles. The maximum Gasteiger partial charge on any atom is 0.343 e. The maximum atomic E-state index is 11.3. The number of thioether (sulfide) groups is 1. The quantitative estimate of drug-likeness (QED) is 0.772. The van der Waals surface area contributed by atoms with Crippen LogP contribution in [0.5, 0.6) is 5.75 Å². The third kappa shape index (κ3) is 4.40. The van der Waals surface area contributed by atoms with Crippen molar-refractivity contribution in [2.45, 2.75) is 37.8 Å². The van der Waals surface area contributed by atoms with Crippen LogP contribution in [0.1, 0.15) is 34.7 Å². The minimum atomic E-state index is -0.372. The number of fused-ring (bicyclic) bond motifs is 1. The van der Waals surface area contributed by atoms with E-state index in [-0.39, 0.29) is 12.6 Å². The van der Waals surface area contributed by atoms with E-state index in [2.05, 4.69) is 46.5 Å². The summed E-state index contributed by atoms with van der Waals surface area (Å²) in [5.41, 5.74) is 4.69. The van der Waals surface area contributed by atoms with Crippen LogP contribution >= 0.6 is 11.8 Å². The monoisotopic (exact) mass is 371 g/mol. The molecule has 0 radical (unpaired) electrons. The molecule has 1 aliphatic rings. The van der Waals surface area contributed by atoms with Crippen LogP contribution in [0.15, 0.2) is 41.3 Å². The molecule has 5 heteroatoms. The third-order valence-electron chi connectivity index (χ3n) is 4.59. The van der Waals surface area contributed by atoms with Gasteiger partial charge in [0, 0.05) is 17.5 Å². The van der Waals surface area contributed by atoms with E-state index in [0.717, 1.165) is 35.6 Å². The van der Waals surface area contributed by atoms with E-state index in [1.807, 2.05) is 25.6 Å². The van der Waals surface area contributed by atoms with Crippen LogP contribution in [0.4, 0.5) is 0 Å². The summed E-state index contributed by atoms with van der Waals surface area (Å²) in [6.45, 7) is 4.76. The number of ether oxygens (including phenoxy) is 2. The van der Waals surface area contributed by atoms with Crippen LogP contribution in [0.3, 0.4) is 0 Å². The summed E-state index contributed by atoms with van der Waals surface area (Å²) in [4.78, 5) is 12.7. The number of methoxy groups -OCH3 is 1. The highest BCUT2D eigenvalue weighted by molar-refractivity contribution is 7.99. The average Bonchev–Trinajstić information content (AvgIpc) is 2.65. The molecule has 0 aromatic heterocycles. The number of benzene rings is 2. The van der Waals surface area contributed by atoms with Gasteiger partial charge in [-0.25, -0.2) is 4.79 Å². The smallest absolute Gasteiger partial charge is 0.343 e. The molecule has 2 aromatic rings. The number of hydrogen-bond donors (Lipinski definition) is 1. The lowest BCUT2D eigenvalue weighted by atomic mass is 10.0. The molecule has 4 nitrogen and oxygen atoms in total. The van der Waals surface area contributed by atoms with E-state index in [1.165, 1.54) is 23.1 Å². The number of esters is 1. The molecule has 0 fully saturated rings. The van der Waals surface area contributed by atoms with E-state index in [0.29, 0.717) is 6.04 Å². The predicted molar refractivity (Wildman–Crippen MR) is 105 cm³/mol. The van der Waals surface area contributed by atoms with Gasteiger partial charge in [0.05, 0.1) is 7.11 Å². The maximum absolute atomic E-state index is 11.3. The Bertz CT molecular complexity index is 768. The molecule has 138 valence electrons. The topological polar surface area (TPSA) is 47.6 Å². The summed E-state index contributed by atoms with van der Waals surface area (Å²) < 4.78 is 10.3. The van der Waals surface area contributed by atoms with Gasteiger partial charge >= 0.3 is 5.97 Å². The second-order valence-electron chi connectivity index (χ2n) is 6.53. The molecule has 1 unspecified atom stereocenters. The fourth-order valence-corrected chi connectivity index (χ4v) is 4.48. The number of carbonyl (C=O) groups excluding carboxylic acids is 1. The molecule has 0 amide bonds. The van der Waals surface area contributed by atoms with Crippen molar-refractivity contribution in [1.29, 1.82) is 0 Å². The van der Waals surface area contributed by atoms with Crippen molar-refractivity contribution in [3.05, 3.63) is 58.7 Å². The Hall–Kier alpha value is -1.98. The fraction of sp³-hybridized carbons (Fsp3) is 0.381. The Labute approximate surface area is 159 Å². The zero-order chi connectivity index (χ0) is 18.5. The lowest BCUT2D eigenvalue weighted by Gasteiger charge is -2.26. The van der Waals surface area contributed by atoms with Gasteiger partial charge in [0.15, 0.2) is 6.61 Å². The normalized spacial score (nSPS) is 16.0. The lowest BCUT2D eigenvalue weighted by molar-refractivity contribution is -0.142. The standard InChI is InChI=1S/C21H25NO3S/c1-14-10-16(11-15(2)21(14)25-13-20(23)24-3)12-22-18-8-9-26-19-7-5-4-6-17(18)19/h4-7,10-11,18,22H,8-9,12-13H2,1-3H3. The second kappa shape index (κ2) is 8.60. The van der Waals surface area contributed by atoms with Crippen LogP contribution in [-0.2, 0) is 16.1 Å². The van der Waals surface area contributed by atoms with Crippen LogP contribution in [0.2, 0.25) is 0 Å². The van der Waals surface area contributed by atoms with Gasteiger partial charge in [-0.1, -0.05) is 30.3 Å². The molecule has 3 rings (SSSR count). The molecule has 1 atom stereocenters. The Balaban J connectivity index is 1.67. The molecule has 2 aromatic carbocycles. The zero-order valence-corrected chi connectivity index (χ0v) is 16.3. The van der Waals surface area contributed by atoms with Gasteiger partial charge in [0.2, 0.25) is 0 Å². The number of carbonyl (C=O) groups is 1. The second-order valence-corrected chi connectivity index (χ2v) is 7.67. The first kappa shape index (κ1) is 18.8. The minimum Gasteiger partial charge on any atom is -0.481 e. The summed E-state index contributed by atoms with van der Waals surface area (Å²) in [5, 5.41) is 3.70. The molecule has 0 spiro atoms. The first-order valence-electron chi connectivity index (χ1n) is 8.83. The number of aryl methyl sites for hydroxylation is 2. The summed E-state index contributed by atoms with van der Waals surface area (Å²) in [5.74, 6) is 1.54. The zero-order valence-electron chi connectivity index (χ0n) is 15.5. The van der Waals surface area contributed by atoms with E-state index in [4.69, 9.17) is 4.74 Å². The minimum absolute atomic E-state index is 0.0632. The predicted octanol–water partition coefficient (Wildman–Crippen LogP) is 4.18. The van der Waals surface area contributed by atoms with E-state index in [9.17, 15) is 4.79 Å². The Morgan fingerprint density at radius 3 is 2.69 bits per heavy atom. The van der Waals surface area contributed by atoms with Gasteiger partial charge in [0.1, 0.15) is 5.75 Å². The van der Waals surface area contributed by atoms with Crippen molar-refractivity contribution in [1.82, 2.24) is 5.32 Å². The van der Waals surface area contributed by atoms with Gasteiger partial charge in [-0.15, -0.1) is 11.8 Å². The highest BCUT2D eigenvalue weighted by atomic mass is 32.2. The molecular weight excluding hydrogens is 346 g/mol. The van der Waals surface area contributed by atoms with E-state index < -0.39 is 0 Å². The first-order valence-corrected chi connectivity index (χ1v) is 9.82. The fourth-order valence-electron chi connectivity index (χ4n) is 3.35. The highest BCUT2D eigenvalue weighted by Crippen LogP contribution is 2.36. The summed E-state index contributed by atoms with van der Waals surface area (Å²) in [6, 6.07) is 13.3. The van der Waals surface area contributed by atoms with Crippen LogP contribution in [0.25, 0.3) is 0 Å². The van der Waals surface area contributed by atoms with E-state index in [1.54, 1.807) is 0 Å². The molecule has 1 N–H and O–H groups in total. The van der Waals surface area contributed by atoms with Crippen LogP contribution in [-0.4, -0.2) is 25.4 Å². The van der Waals surface area contributed by atoms with Crippen LogP contribution in [0, 0.1) is 13.8 Å². The Morgan fingerprint density at radius 1 is 1.23 bits per heavy atom. The highest BCUT2D eigenvalue weighted by Gasteiger charge is 2.19. The largest absolute Gasteiger partial charge is 0.481 e. The van der Waals surface area contributed by atoms with Gasteiger partial charge in [-0.05, 0) is 54.3 Å². The Morgan fingerprint density at radius 2 is 1.96 bits per heavy atom. The molecule has 26 heavy (non-hydrogen) atoms. The van der Waals surface area contributed by atoms with Crippen molar-refractivity contribution < 1.29 is 14.3 Å². The van der Waals surface area contributed by atoms with Crippen molar-refractivity contribution in [3.63, 3.8) is 0 Å². The molecule has 0 aliphatic carbocycles. The SMILES string of the molecule is COC(=O)COc1c(C)cc(CNC2CCSc3ccccc32)cc1C. The number of nitrogens with one attached hydrogen (secondary N) is 1. The third-order valence-corrected chi connectivity index (χ3v) is 5.72. The van der Waals surface area contributed by atoms with E-state index >= 15 is 0 Å². The molecule has 1 heterocycles. The molecule has 1 aliphatic heterocycles. The first-order chi connectivity index (χ1) is 12.6. The lowest BCUT2D eigenvalue weighted by Crippen LogP contribution is -2.24.